The molecule has 2 heterocycles. The van der Waals surface area contributed by atoms with Crippen LogP contribution >= 0.6 is 0 Å². The van der Waals surface area contributed by atoms with Gasteiger partial charge in [0.15, 0.2) is 0 Å². The van der Waals surface area contributed by atoms with Gasteiger partial charge in [-0.25, -0.2) is 4.98 Å². The maximum absolute atomic E-state index is 12.2. The summed E-state index contributed by atoms with van der Waals surface area (Å²) >= 11 is 0. The Morgan fingerprint density at radius 2 is 1.27 bits per heavy atom. The second kappa shape index (κ2) is 18.8. The molecule has 2 aromatic heterocycles. The number of aromatic hydroxyl groups is 1. The molecule has 0 bridgehead atoms. The summed E-state index contributed by atoms with van der Waals surface area (Å²) < 4.78 is 2.26. The van der Waals surface area contributed by atoms with Gasteiger partial charge >= 0.3 is 0 Å². The second-order valence-corrected chi connectivity index (χ2v) is 17.9. The number of para-hydroxylation sites is 1. The molecule has 9 aromatic rings. The standard InChI is InChI=1S/C59H54N3O.Pt/c1-37(2)29-47-33-50(25-26-51(47)43-17-12-9-13-18-43)62-56-20-14-19-52(57(56)61-59(62)54-35-45(38(3)4)34-53(39(5)6)58(54)63)48-30-46(41-15-10-8-11-16-41)31-49(32-48)55-36-44(27-28-60-55)42-23-21-40(7)22-24-42;/h8-28,30-31,33-39,63H,29H2,1-7H3;/q-1;. The molecule has 0 radical (unpaired) electrons. The molecule has 64 heavy (non-hydrogen) atoms. The van der Waals surface area contributed by atoms with Gasteiger partial charge < -0.3 is 5.11 Å². The molecule has 0 aliphatic rings. The number of pyridine rings is 1. The van der Waals surface area contributed by atoms with Crippen molar-refractivity contribution in [3.05, 3.63) is 192 Å². The fourth-order valence-electron chi connectivity index (χ4n) is 8.76. The number of hydrogen-bond acceptors (Lipinski definition) is 3. The average molecular weight is 1020 g/mol. The Hall–Kier alpha value is -6.35. The molecule has 0 saturated heterocycles. The van der Waals surface area contributed by atoms with Crippen molar-refractivity contribution in [1.29, 1.82) is 0 Å². The minimum atomic E-state index is 0. The summed E-state index contributed by atoms with van der Waals surface area (Å²) in [7, 11) is 0. The second-order valence-electron chi connectivity index (χ2n) is 17.9. The number of benzene rings is 7. The summed E-state index contributed by atoms with van der Waals surface area (Å²) in [4.78, 5) is 10.5. The van der Waals surface area contributed by atoms with Crippen LogP contribution in [-0.2, 0) is 27.5 Å². The van der Waals surface area contributed by atoms with Gasteiger partial charge in [0.05, 0.1) is 16.6 Å². The topological polar surface area (TPSA) is 50.9 Å². The van der Waals surface area contributed by atoms with Crippen LogP contribution < -0.4 is 0 Å². The van der Waals surface area contributed by atoms with E-state index in [4.69, 9.17) is 9.97 Å². The Kier molecular flexibility index (Phi) is 13.0. The maximum Gasteiger partial charge on any atom is 0.148 e. The van der Waals surface area contributed by atoms with Crippen LogP contribution in [0.15, 0.2) is 164 Å². The third-order valence-corrected chi connectivity index (χ3v) is 12.1. The Bertz CT molecular complexity index is 3070. The number of hydrogen-bond donors (Lipinski definition) is 1. The van der Waals surface area contributed by atoms with Crippen LogP contribution in [0.4, 0.5) is 0 Å². The molecule has 4 nitrogen and oxygen atoms in total. The minimum absolute atomic E-state index is 0. The predicted octanol–water partition coefficient (Wildman–Crippen LogP) is 15.7. The van der Waals surface area contributed by atoms with Crippen molar-refractivity contribution in [2.75, 3.05) is 0 Å². The molecular weight excluding hydrogens is 962 g/mol. The van der Waals surface area contributed by atoms with Gasteiger partial charge in [-0.2, -0.15) is 0 Å². The summed E-state index contributed by atoms with van der Waals surface area (Å²) in [6.07, 6.45) is 2.81. The van der Waals surface area contributed by atoms with Crippen molar-refractivity contribution in [3.8, 4) is 78.6 Å². The molecule has 0 spiro atoms. The maximum atomic E-state index is 12.2. The summed E-state index contributed by atoms with van der Waals surface area (Å²) in [5.41, 5.74) is 18.6. The first-order valence-electron chi connectivity index (χ1n) is 22.3. The number of nitrogens with zero attached hydrogens (tertiary/aromatic N) is 3. The van der Waals surface area contributed by atoms with Crippen molar-refractivity contribution >= 4 is 11.0 Å². The Labute approximate surface area is 393 Å². The van der Waals surface area contributed by atoms with E-state index in [1.165, 1.54) is 27.8 Å². The van der Waals surface area contributed by atoms with Gasteiger partial charge in [-0.3, -0.25) is 9.55 Å². The number of rotatable bonds is 11. The average Bonchev–Trinajstić information content (AvgIpc) is 3.69. The van der Waals surface area contributed by atoms with E-state index < -0.39 is 0 Å². The van der Waals surface area contributed by atoms with Crippen LogP contribution in [0, 0.1) is 18.9 Å². The molecule has 0 atom stereocenters. The Morgan fingerprint density at radius 3 is 1.95 bits per heavy atom. The van der Waals surface area contributed by atoms with Crippen molar-refractivity contribution in [2.45, 2.75) is 66.7 Å². The molecule has 9 rings (SSSR count). The monoisotopic (exact) mass is 1020 g/mol. The van der Waals surface area contributed by atoms with Crippen LogP contribution in [0.3, 0.4) is 0 Å². The predicted molar refractivity (Wildman–Crippen MR) is 263 cm³/mol. The number of phenolic OH excluding ortho intramolecular Hbond substituents is 1. The molecule has 0 amide bonds. The third kappa shape index (κ3) is 8.90. The van der Waals surface area contributed by atoms with Gasteiger partial charge in [0.2, 0.25) is 0 Å². The van der Waals surface area contributed by atoms with Crippen molar-refractivity contribution in [3.63, 3.8) is 0 Å². The Balaban J connectivity index is 0.00000560. The molecule has 1 N–H and O–H groups in total. The van der Waals surface area contributed by atoms with Gasteiger partial charge in [0.25, 0.3) is 0 Å². The van der Waals surface area contributed by atoms with Crippen LogP contribution in [0.25, 0.3) is 83.9 Å². The number of phenols is 1. The van der Waals surface area contributed by atoms with Crippen LogP contribution in [-0.4, -0.2) is 19.6 Å². The van der Waals surface area contributed by atoms with E-state index in [2.05, 4.69) is 217 Å². The molecule has 0 unspecified atom stereocenters. The fraction of sp³-hybridized carbons (Fsp3) is 0.186. The molecule has 0 fully saturated rings. The summed E-state index contributed by atoms with van der Waals surface area (Å²) in [5, 5.41) is 12.2. The van der Waals surface area contributed by atoms with Crippen LogP contribution in [0.2, 0.25) is 0 Å². The largest absolute Gasteiger partial charge is 0.507 e. The van der Waals surface area contributed by atoms with Crippen molar-refractivity contribution < 1.29 is 26.2 Å². The van der Waals surface area contributed by atoms with E-state index in [0.717, 1.165) is 78.9 Å². The number of aryl methyl sites for hydroxylation is 1. The van der Waals surface area contributed by atoms with Gasteiger partial charge in [0, 0.05) is 38.6 Å². The fourth-order valence-corrected chi connectivity index (χ4v) is 8.76. The smallest absolute Gasteiger partial charge is 0.148 e. The van der Waals surface area contributed by atoms with Gasteiger partial charge in [-0.05, 0) is 106 Å². The Morgan fingerprint density at radius 1 is 0.578 bits per heavy atom. The van der Waals surface area contributed by atoms with Crippen molar-refractivity contribution in [1.82, 2.24) is 14.5 Å². The first kappa shape index (κ1) is 44.3. The SMILES string of the molecule is Cc1ccc(-c2ccnc(-c3[c-]c(-c4cccc5c4nc(-c4cc(C(C)C)cc(C(C)C)c4O)n5-c4ccc(-c5ccccc5)c(CC(C)C)c4)cc(-c4ccccc4)c3)c2)cc1.[Pt]. The zero-order valence-corrected chi connectivity index (χ0v) is 39.9. The first-order valence-corrected chi connectivity index (χ1v) is 22.3. The van der Waals surface area contributed by atoms with Crippen LogP contribution in [0.1, 0.15) is 75.6 Å². The molecule has 0 aliphatic carbocycles. The van der Waals surface area contributed by atoms with Gasteiger partial charge in [-0.1, -0.05) is 179 Å². The van der Waals surface area contributed by atoms with Crippen molar-refractivity contribution in [2.24, 2.45) is 5.92 Å². The van der Waals surface area contributed by atoms with E-state index in [1.54, 1.807) is 0 Å². The summed E-state index contributed by atoms with van der Waals surface area (Å²) in [6.45, 7) is 15.4. The van der Waals surface area contributed by atoms with E-state index in [-0.39, 0.29) is 38.7 Å². The zero-order chi connectivity index (χ0) is 43.8. The molecule has 0 saturated carbocycles. The minimum Gasteiger partial charge on any atom is -0.507 e. The van der Waals surface area contributed by atoms with E-state index >= 15 is 0 Å². The number of aromatic nitrogens is 3. The number of imidazole rings is 1. The molecule has 5 heteroatoms. The quantitative estimate of drug-likeness (QED) is 0.131. The van der Waals surface area contributed by atoms with E-state index in [0.29, 0.717) is 11.7 Å². The zero-order valence-electron chi connectivity index (χ0n) is 37.6. The van der Waals surface area contributed by atoms with Gasteiger partial charge in [-0.15, -0.1) is 23.8 Å². The first-order chi connectivity index (χ1) is 30.5. The van der Waals surface area contributed by atoms with Crippen LogP contribution in [0.5, 0.6) is 5.75 Å². The van der Waals surface area contributed by atoms with E-state index in [9.17, 15) is 5.11 Å². The summed E-state index contributed by atoms with van der Waals surface area (Å²) in [5.74, 6) is 1.79. The molecule has 7 aromatic carbocycles. The molecule has 0 aliphatic heterocycles. The normalized spacial score (nSPS) is 11.5. The third-order valence-electron chi connectivity index (χ3n) is 12.1. The van der Waals surface area contributed by atoms with E-state index in [1.807, 2.05) is 6.20 Å². The summed E-state index contributed by atoms with van der Waals surface area (Å²) in [6, 6.07) is 59.8. The molecular formula is C59H54N3OPt-. The van der Waals surface area contributed by atoms with Gasteiger partial charge in [0.1, 0.15) is 11.6 Å². The molecule has 322 valence electrons. The number of fused-ring (bicyclic) bond motifs is 1.